The third-order valence-corrected chi connectivity index (χ3v) is 7.41. The molecule has 0 amide bonds. The topological polar surface area (TPSA) is 102 Å². The number of aryl methyl sites for hydroxylation is 1. The second-order valence-corrected chi connectivity index (χ2v) is 9.27. The Bertz CT molecular complexity index is 1160. The summed E-state index contributed by atoms with van der Waals surface area (Å²) >= 11 is 0. The summed E-state index contributed by atoms with van der Waals surface area (Å²) in [5.74, 6) is 0. The smallest absolute Gasteiger partial charge is 0.186 e. The zero-order valence-corrected chi connectivity index (χ0v) is 18.1. The second kappa shape index (κ2) is 9.14. The molecule has 0 saturated carbocycles. The van der Waals surface area contributed by atoms with E-state index in [1.165, 1.54) is 0 Å². The lowest BCUT2D eigenvalue weighted by molar-refractivity contribution is 0.528. The van der Waals surface area contributed by atoms with Crippen molar-refractivity contribution in [1.82, 2.24) is 9.78 Å². The van der Waals surface area contributed by atoms with Gasteiger partial charge in [-0.15, -0.1) is 0 Å². The van der Waals surface area contributed by atoms with E-state index in [9.17, 15) is 13.7 Å². The Kier molecular flexibility index (Phi) is 6.58. The molecule has 0 spiro atoms. The number of hydrogen-bond acceptors (Lipinski definition) is 5. The standard InChI is InChI=1S/C23H26N4O2S/c1-3-5-15-27-23(21(4-2)30(28,29)17-11-7-6-8-12-17)22(20(16-24)26-27)18-13-9-10-14-19(18)25/h6-14,21H,3-5,15,25H2,1-2H3. The van der Waals surface area contributed by atoms with Gasteiger partial charge in [0.1, 0.15) is 11.3 Å². The van der Waals surface area contributed by atoms with Crippen molar-refractivity contribution in [3.8, 4) is 17.2 Å². The van der Waals surface area contributed by atoms with E-state index in [1.54, 1.807) is 41.1 Å². The fraction of sp³-hybridized carbons (Fsp3) is 0.304. The van der Waals surface area contributed by atoms with Gasteiger partial charge in [-0.2, -0.15) is 10.4 Å². The fourth-order valence-electron chi connectivity index (χ4n) is 3.68. The first-order valence-corrected chi connectivity index (χ1v) is 11.6. The number of nitrogens with two attached hydrogens (primary N) is 1. The van der Waals surface area contributed by atoms with E-state index in [0.717, 1.165) is 12.8 Å². The Balaban J connectivity index is 2.31. The van der Waals surface area contributed by atoms with Crippen LogP contribution in [0.1, 0.15) is 49.7 Å². The van der Waals surface area contributed by atoms with Gasteiger partial charge in [-0.3, -0.25) is 4.68 Å². The highest BCUT2D eigenvalue weighted by molar-refractivity contribution is 7.91. The maximum Gasteiger partial charge on any atom is 0.186 e. The van der Waals surface area contributed by atoms with Crippen LogP contribution in [-0.2, 0) is 16.4 Å². The third-order valence-electron chi connectivity index (χ3n) is 5.17. The molecular formula is C23H26N4O2S. The molecule has 3 rings (SSSR count). The highest BCUT2D eigenvalue weighted by atomic mass is 32.2. The molecule has 0 fully saturated rings. The summed E-state index contributed by atoms with van der Waals surface area (Å²) in [4.78, 5) is 0.255. The molecule has 7 heteroatoms. The van der Waals surface area contributed by atoms with E-state index in [-0.39, 0.29) is 10.6 Å². The highest BCUT2D eigenvalue weighted by Crippen LogP contribution is 2.41. The fourth-order valence-corrected chi connectivity index (χ4v) is 5.52. The summed E-state index contributed by atoms with van der Waals surface area (Å²) in [7, 11) is -3.70. The molecule has 2 N–H and O–H groups in total. The molecule has 1 unspecified atom stereocenters. The van der Waals surface area contributed by atoms with Crippen molar-refractivity contribution in [2.24, 2.45) is 0 Å². The maximum absolute atomic E-state index is 13.6. The number of hydrogen-bond donors (Lipinski definition) is 1. The predicted octanol–water partition coefficient (Wildman–Crippen LogP) is 4.73. The van der Waals surface area contributed by atoms with Crippen LogP contribution < -0.4 is 5.73 Å². The molecular weight excluding hydrogens is 396 g/mol. The molecule has 0 bridgehead atoms. The van der Waals surface area contributed by atoms with Crippen LogP contribution in [-0.4, -0.2) is 18.2 Å². The summed E-state index contributed by atoms with van der Waals surface area (Å²) in [5.41, 5.74) is 8.58. The van der Waals surface area contributed by atoms with Crippen LogP contribution >= 0.6 is 0 Å². The minimum Gasteiger partial charge on any atom is -0.398 e. The quantitative estimate of drug-likeness (QED) is 0.529. The number of nitrogen functional groups attached to an aromatic ring is 1. The van der Waals surface area contributed by atoms with Gasteiger partial charge >= 0.3 is 0 Å². The number of nitriles is 1. The number of nitrogens with zero attached hydrogens (tertiary/aromatic N) is 3. The van der Waals surface area contributed by atoms with Crippen LogP contribution in [0.5, 0.6) is 0 Å². The van der Waals surface area contributed by atoms with Gasteiger partial charge in [0, 0.05) is 23.4 Å². The van der Waals surface area contributed by atoms with Crippen molar-refractivity contribution in [2.45, 2.75) is 49.8 Å². The molecule has 30 heavy (non-hydrogen) atoms. The number of sulfone groups is 1. The van der Waals surface area contributed by atoms with Gasteiger partial charge in [-0.05, 0) is 31.0 Å². The van der Waals surface area contributed by atoms with Gasteiger partial charge in [0.25, 0.3) is 0 Å². The molecule has 156 valence electrons. The number of unbranched alkanes of at least 4 members (excludes halogenated alkanes) is 1. The molecule has 3 aromatic rings. The molecule has 0 aliphatic heterocycles. The van der Waals surface area contributed by atoms with E-state index < -0.39 is 15.1 Å². The number of aromatic nitrogens is 2. The van der Waals surface area contributed by atoms with Crippen LogP contribution in [0.4, 0.5) is 5.69 Å². The van der Waals surface area contributed by atoms with E-state index in [0.29, 0.717) is 35.5 Å². The molecule has 0 aliphatic rings. The molecule has 1 atom stereocenters. The van der Waals surface area contributed by atoms with Crippen molar-refractivity contribution >= 4 is 15.5 Å². The first kappa shape index (κ1) is 21.6. The summed E-state index contributed by atoms with van der Waals surface area (Å²) in [6, 6.07) is 17.8. The summed E-state index contributed by atoms with van der Waals surface area (Å²) in [5, 5.41) is 13.4. The van der Waals surface area contributed by atoms with Gasteiger partial charge in [-0.25, -0.2) is 8.42 Å². The number of benzene rings is 2. The first-order chi connectivity index (χ1) is 14.5. The minimum absolute atomic E-state index is 0.195. The number of para-hydroxylation sites is 1. The number of anilines is 1. The summed E-state index contributed by atoms with van der Waals surface area (Å²) in [6.45, 7) is 4.43. The van der Waals surface area contributed by atoms with Crippen molar-refractivity contribution in [3.05, 3.63) is 66.0 Å². The van der Waals surface area contributed by atoms with Gasteiger partial charge in [0.2, 0.25) is 0 Å². The van der Waals surface area contributed by atoms with Crippen LogP contribution in [0.3, 0.4) is 0 Å². The number of rotatable bonds is 8. The van der Waals surface area contributed by atoms with Crippen LogP contribution in [0.25, 0.3) is 11.1 Å². The molecule has 6 nitrogen and oxygen atoms in total. The molecule has 0 aliphatic carbocycles. The van der Waals surface area contributed by atoms with Gasteiger partial charge < -0.3 is 5.73 Å². The molecule has 0 radical (unpaired) electrons. The zero-order chi connectivity index (χ0) is 21.7. The zero-order valence-electron chi connectivity index (χ0n) is 17.2. The Labute approximate surface area is 177 Å². The van der Waals surface area contributed by atoms with Crippen LogP contribution in [0.2, 0.25) is 0 Å². The lowest BCUT2D eigenvalue weighted by Crippen LogP contribution is -2.19. The predicted molar refractivity (Wildman–Crippen MR) is 118 cm³/mol. The normalized spacial score (nSPS) is 12.4. The minimum atomic E-state index is -3.70. The van der Waals surface area contributed by atoms with E-state index in [1.807, 2.05) is 25.1 Å². The van der Waals surface area contributed by atoms with Crippen molar-refractivity contribution in [2.75, 3.05) is 5.73 Å². The van der Waals surface area contributed by atoms with E-state index in [2.05, 4.69) is 18.1 Å². The Morgan fingerprint density at radius 2 is 1.77 bits per heavy atom. The van der Waals surface area contributed by atoms with Gasteiger partial charge in [0.15, 0.2) is 15.5 Å². The second-order valence-electron chi connectivity index (χ2n) is 7.14. The largest absolute Gasteiger partial charge is 0.398 e. The van der Waals surface area contributed by atoms with Crippen LogP contribution in [0.15, 0.2) is 59.5 Å². The van der Waals surface area contributed by atoms with E-state index in [4.69, 9.17) is 5.73 Å². The molecule has 0 saturated heterocycles. The Morgan fingerprint density at radius 3 is 2.37 bits per heavy atom. The van der Waals surface area contributed by atoms with Crippen molar-refractivity contribution in [3.63, 3.8) is 0 Å². The molecule has 1 aromatic heterocycles. The van der Waals surface area contributed by atoms with E-state index >= 15 is 0 Å². The lowest BCUT2D eigenvalue weighted by atomic mass is 9.99. The molecule has 2 aromatic carbocycles. The average molecular weight is 423 g/mol. The third kappa shape index (κ3) is 3.96. The highest BCUT2D eigenvalue weighted by Gasteiger charge is 2.35. The average Bonchev–Trinajstić information content (AvgIpc) is 3.11. The Hall–Kier alpha value is -3.11. The van der Waals surface area contributed by atoms with Gasteiger partial charge in [0.05, 0.1) is 10.6 Å². The summed E-state index contributed by atoms with van der Waals surface area (Å²) < 4.78 is 28.9. The first-order valence-electron chi connectivity index (χ1n) is 10.1. The van der Waals surface area contributed by atoms with Crippen LogP contribution in [0, 0.1) is 11.3 Å². The molecule has 1 heterocycles. The Morgan fingerprint density at radius 1 is 1.10 bits per heavy atom. The maximum atomic E-state index is 13.6. The van der Waals surface area contributed by atoms with Gasteiger partial charge in [-0.1, -0.05) is 56.7 Å². The van der Waals surface area contributed by atoms with Crippen molar-refractivity contribution in [1.29, 1.82) is 5.26 Å². The van der Waals surface area contributed by atoms with Crippen molar-refractivity contribution < 1.29 is 8.42 Å². The monoisotopic (exact) mass is 422 g/mol. The summed E-state index contributed by atoms with van der Waals surface area (Å²) in [6.07, 6.45) is 2.09. The SMILES string of the molecule is CCCCn1nc(C#N)c(-c2ccccc2N)c1C(CC)S(=O)(=O)c1ccccc1. The lowest BCUT2D eigenvalue weighted by Gasteiger charge is -2.20.